The summed E-state index contributed by atoms with van der Waals surface area (Å²) >= 11 is 0. The average molecular weight is 134 g/mol. The van der Waals surface area contributed by atoms with Crippen molar-refractivity contribution in [2.45, 2.75) is 32.5 Å². The van der Waals surface area contributed by atoms with Crippen LogP contribution in [0.3, 0.4) is 0 Å². The summed E-state index contributed by atoms with van der Waals surface area (Å²) in [5.41, 5.74) is 0. The number of hydrogen-bond acceptors (Lipinski definition) is 2. The van der Waals surface area contributed by atoms with Crippen molar-refractivity contribution < 1.29 is 10.2 Å². The highest BCUT2D eigenvalue weighted by Gasteiger charge is 1.98. The van der Waals surface area contributed by atoms with Gasteiger partial charge in [-0.25, -0.2) is 0 Å². The molecule has 0 saturated carbocycles. The van der Waals surface area contributed by atoms with Crippen molar-refractivity contribution in [3.8, 4) is 0 Å². The van der Waals surface area contributed by atoms with Crippen LogP contribution in [0.2, 0.25) is 0 Å². The average Bonchev–Trinajstić information content (AvgIpc) is 1.27. The first-order valence-electron chi connectivity index (χ1n) is 2.49. The van der Waals surface area contributed by atoms with Crippen LogP contribution < -0.4 is 0 Å². The molecule has 0 aliphatic rings. The summed E-state index contributed by atoms with van der Waals surface area (Å²) in [4.78, 5) is 0. The lowest BCUT2D eigenvalue weighted by atomic mass is 10.2. The highest BCUT2D eigenvalue weighted by molar-refractivity contribution is 5.75. The molecule has 0 heterocycles. The Labute approximate surface area is 60.7 Å². The molecule has 0 rings (SSSR count). The molecule has 0 aromatic heterocycles. The van der Waals surface area contributed by atoms with E-state index >= 15 is 0 Å². The second-order valence-corrected chi connectivity index (χ2v) is 1.93. The SMILES string of the molecule is CC(O)CC(C)O.[AlH3]. The molecule has 0 aliphatic carbocycles. The van der Waals surface area contributed by atoms with Gasteiger partial charge in [-0.1, -0.05) is 0 Å². The Balaban J connectivity index is 0. The summed E-state index contributed by atoms with van der Waals surface area (Å²) in [6.45, 7) is 3.32. The molecule has 0 spiro atoms. The number of rotatable bonds is 2. The van der Waals surface area contributed by atoms with Gasteiger partial charge in [0.25, 0.3) is 0 Å². The van der Waals surface area contributed by atoms with E-state index in [1.807, 2.05) is 0 Å². The van der Waals surface area contributed by atoms with Crippen LogP contribution in [-0.4, -0.2) is 39.8 Å². The molecular weight excluding hydrogens is 119 g/mol. The van der Waals surface area contributed by atoms with Crippen LogP contribution in [0.1, 0.15) is 20.3 Å². The smallest absolute Gasteiger partial charge is 0.187 e. The number of aliphatic hydroxyl groups excluding tert-OH is 2. The minimum atomic E-state index is -0.375. The Morgan fingerprint density at radius 2 is 1.38 bits per heavy atom. The third kappa shape index (κ3) is 9.68. The second kappa shape index (κ2) is 5.59. The molecule has 2 unspecified atom stereocenters. The van der Waals surface area contributed by atoms with Gasteiger partial charge in [0.15, 0.2) is 17.4 Å². The zero-order valence-corrected chi connectivity index (χ0v) is 4.76. The lowest BCUT2D eigenvalue weighted by Gasteiger charge is -2.04. The van der Waals surface area contributed by atoms with Crippen molar-refractivity contribution in [2.24, 2.45) is 0 Å². The minimum absolute atomic E-state index is 0. The van der Waals surface area contributed by atoms with Gasteiger partial charge in [-0.2, -0.15) is 0 Å². The van der Waals surface area contributed by atoms with E-state index in [1.165, 1.54) is 0 Å². The largest absolute Gasteiger partial charge is 0.393 e. The Morgan fingerprint density at radius 1 is 1.12 bits per heavy atom. The van der Waals surface area contributed by atoms with Crippen molar-refractivity contribution in [3.05, 3.63) is 0 Å². The standard InChI is InChI=1S/C5H12O2.Al.3H/c1-4(6)3-5(2)7;;;;/h4-7H,3H2,1-2H3;;;;. The summed E-state index contributed by atoms with van der Waals surface area (Å²) < 4.78 is 0. The molecule has 8 heavy (non-hydrogen) atoms. The molecule has 2 nitrogen and oxygen atoms in total. The van der Waals surface area contributed by atoms with Gasteiger partial charge in [0, 0.05) is 0 Å². The van der Waals surface area contributed by atoms with Crippen LogP contribution in [0.25, 0.3) is 0 Å². The topological polar surface area (TPSA) is 40.5 Å². The lowest BCUT2D eigenvalue weighted by molar-refractivity contribution is 0.102. The zero-order valence-electron chi connectivity index (χ0n) is 4.76. The third-order valence-corrected chi connectivity index (χ3v) is 0.682. The van der Waals surface area contributed by atoms with Crippen LogP contribution in [0.5, 0.6) is 0 Å². The fourth-order valence-electron chi connectivity index (χ4n) is 0.494. The quantitative estimate of drug-likeness (QED) is 0.473. The molecule has 0 bridgehead atoms. The number of aliphatic hydroxyl groups is 2. The van der Waals surface area contributed by atoms with E-state index in [2.05, 4.69) is 0 Å². The third-order valence-electron chi connectivity index (χ3n) is 0.682. The van der Waals surface area contributed by atoms with Crippen LogP contribution >= 0.6 is 0 Å². The van der Waals surface area contributed by atoms with E-state index < -0.39 is 0 Å². The maximum Gasteiger partial charge on any atom is 0.187 e. The van der Waals surface area contributed by atoms with Gasteiger partial charge in [0.05, 0.1) is 12.2 Å². The monoisotopic (exact) mass is 134 g/mol. The van der Waals surface area contributed by atoms with E-state index in [1.54, 1.807) is 13.8 Å². The molecular formula is C5H15AlO2. The normalized spacial score (nSPS) is 16.5. The van der Waals surface area contributed by atoms with Gasteiger partial charge in [-0.15, -0.1) is 0 Å². The minimum Gasteiger partial charge on any atom is -0.393 e. The van der Waals surface area contributed by atoms with Crippen molar-refractivity contribution >= 4 is 17.4 Å². The van der Waals surface area contributed by atoms with E-state index in [0.29, 0.717) is 6.42 Å². The fourth-order valence-corrected chi connectivity index (χ4v) is 0.494. The molecule has 0 aliphatic heterocycles. The van der Waals surface area contributed by atoms with E-state index in [9.17, 15) is 0 Å². The van der Waals surface area contributed by atoms with Crippen LogP contribution in [-0.2, 0) is 0 Å². The summed E-state index contributed by atoms with van der Waals surface area (Å²) in [5.74, 6) is 0. The Bertz CT molecular complexity index is 39.7. The van der Waals surface area contributed by atoms with Gasteiger partial charge in [-0.3, -0.25) is 0 Å². The summed E-state index contributed by atoms with van der Waals surface area (Å²) in [6, 6.07) is 0. The molecule has 0 aromatic rings. The van der Waals surface area contributed by atoms with E-state index in [-0.39, 0.29) is 29.6 Å². The first kappa shape index (κ1) is 11.3. The zero-order chi connectivity index (χ0) is 5.86. The first-order chi connectivity index (χ1) is 3.13. The molecule has 2 atom stereocenters. The summed E-state index contributed by atoms with van der Waals surface area (Å²) in [5, 5.41) is 17.1. The molecule has 0 aromatic carbocycles. The van der Waals surface area contributed by atoms with Gasteiger partial charge < -0.3 is 10.2 Å². The van der Waals surface area contributed by atoms with Crippen molar-refractivity contribution in [2.75, 3.05) is 0 Å². The molecule has 0 fully saturated rings. The predicted octanol–water partition coefficient (Wildman–Crippen LogP) is -1.05. The Hall–Kier alpha value is 0.452. The second-order valence-electron chi connectivity index (χ2n) is 1.93. The van der Waals surface area contributed by atoms with Gasteiger partial charge in [-0.05, 0) is 20.3 Å². The Morgan fingerprint density at radius 3 is 1.38 bits per heavy atom. The maximum absolute atomic E-state index is 8.56. The van der Waals surface area contributed by atoms with E-state index in [0.717, 1.165) is 0 Å². The highest BCUT2D eigenvalue weighted by atomic mass is 27.0. The predicted molar refractivity (Wildman–Crippen MR) is 37.9 cm³/mol. The highest BCUT2D eigenvalue weighted by Crippen LogP contribution is 1.93. The molecule has 0 amide bonds. The maximum atomic E-state index is 8.56. The molecule has 50 valence electrons. The molecule has 3 heteroatoms. The summed E-state index contributed by atoms with van der Waals surface area (Å²) in [6.07, 6.45) is -0.278. The fraction of sp³-hybridized carbons (Fsp3) is 1.00. The van der Waals surface area contributed by atoms with Crippen molar-refractivity contribution in [1.29, 1.82) is 0 Å². The van der Waals surface area contributed by atoms with Gasteiger partial charge >= 0.3 is 0 Å². The number of hydrogen-bond donors (Lipinski definition) is 2. The van der Waals surface area contributed by atoms with E-state index in [4.69, 9.17) is 10.2 Å². The van der Waals surface area contributed by atoms with Crippen LogP contribution in [0.15, 0.2) is 0 Å². The van der Waals surface area contributed by atoms with Gasteiger partial charge in [0.1, 0.15) is 0 Å². The molecule has 0 radical (unpaired) electrons. The molecule has 0 saturated heterocycles. The molecule has 2 N–H and O–H groups in total. The van der Waals surface area contributed by atoms with Crippen LogP contribution in [0, 0.1) is 0 Å². The first-order valence-corrected chi connectivity index (χ1v) is 2.49. The van der Waals surface area contributed by atoms with Crippen molar-refractivity contribution in [3.63, 3.8) is 0 Å². The van der Waals surface area contributed by atoms with Crippen molar-refractivity contribution in [1.82, 2.24) is 0 Å². The van der Waals surface area contributed by atoms with Crippen LogP contribution in [0.4, 0.5) is 0 Å². The van der Waals surface area contributed by atoms with Gasteiger partial charge in [0.2, 0.25) is 0 Å². The Kier molecular flexibility index (Phi) is 7.87. The summed E-state index contributed by atoms with van der Waals surface area (Å²) in [7, 11) is 0. The lowest BCUT2D eigenvalue weighted by Crippen LogP contribution is -2.10.